The van der Waals surface area contributed by atoms with Crippen LogP contribution in [-0.2, 0) is 13.1 Å². The summed E-state index contributed by atoms with van der Waals surface area (Å²) in [7, 11) is 0. The van der Waals surface area contributed by atoms with E-state index < -0.39 is 0 Å². The molecular formula is C21H15FN4O. The first-order chi connectivity index (χ1) is 13.2. The molecule has 0 radical (unpaired) electrons. The van der Waals surface area contributed by atoms with Crippen LogP contribution in [0.5, 0.6) is 0 Å². The number of pyridine rings is 2. The quantitative estimate of drug-likeness (QED) is 0.561. The number of rotatable bonds is 3. The average molecular weight is 358 g/mol. The van der Waals surface area contributed by atoms with Crippen molar-refractivity contribution in [3.8, 4) is 11.3 Å². The Bertz CT molecular complexity index is 1180. The van der Waals surface area contributed by atoms with Gasteiger partial charge in [-0.2, -0.15) is 0 Å². The Morgan fingerprint density at radius 1 is 1.07 bits per heavy atom. The minimum Gasteiger partial charge on any atom is -0.328 e. The highest BCUT2D eigenvalue weighted by Gasteiger charge is 2.28. The van der Waals surface area contributed by atoms with Crippen LogP contribution < -0.4 is 0 Å². The molecule has 0 atom stereocenters. The van der Waals surface area contributed by atoms with E-state index in [0.29, 0.717) is 17.7 Å². The summed E-state index contributed by atoms with van der Waals surface area (Å²) in [4.78, 5) is 22.7. The first-order valence-corrected chi connectivity index (χ1v) is 8.65. The second kappa shape index (κ2) is 6.02. The molecule has 132 valence electrons. The van der Waals surface area contributed by atoms with Crippen LogP contribution in [-0.4, -0.2) is 25.2 Å². The highest BCUT2D eigenvalue weighted by molar-refractivity contribution is 5.97. The molecule has 4 heterocycles. The van der Waals surface area contributed by atoms with Gasteiger partial charge in [-0.3, -0.25) is 14.2 Å². The molecule has 0 bridgehead atoms. The lowest BCUT2D eigenvalue weighted by molar-refractivity contribution is 0.0765. The zero-order valence-electron chi connectivity index (χ0n) is 14.3. The summed E-state index contributed by atoms with van der Waals surface area (Å²) in [6.07, 6.45) is 5.30. The standard InChI is InChI=1S/C21H15FN4O/c22-17-10-14(19-11-24-20-5-1-2-9-26(19)20)6-7-15(17)12-25-13-18-16(21(25)27)4-3-8-23-18/h1-11H,12-13H2. The lowest BCUT2D eigenvalue weighted by atomic mass is 10.1. The number of benzene rings is 1. The summed E-state index contributed by atoms with van der Waals surface area (Å²) in [5, 5.41) is 0. The molecule has 0 saturated heterocycles. The van der Waals surface area contributed by atoms with Crippen LogP contribution in [0.3, 0.4) is 0 Å². The lowest BCUT2D eigenvalue weighted by Gasteiger charge is -2.16. The van der Waals surface area contributed by atoms with E-state index >= 15 is 0 Å². The highest BCUT2D eigenvalue weighted by atomic mass is 19.1. The normalized spacial score (nSPS) is 13.4. The van der Waals surface area contributed by atoms with Gasteiger partial charge in [0.05, 0.1) is 29.7 Å². The summed E-state index contributed by atoms with van der Waals surface area (Å²) in [5.41, 5.74) is 4.20. The number of amides is 1. The topological polar surface area (TPSA) is 50.5 Å². The molecule has 1 aliphatic heterocycles. The largest absolute Gasteiger partial charge is 0.328 e. The zero-order valence-corrected chi connectivity index (χ0v) is 14.3. The van der Waals surface area contributed by atoms with Crippen molar-refractivity contribution in [3.05, 3.63) is 89.8 Å². The minimum absolute atomic E-state index is 0.108. The third kappa shape index (κ3) is 2.57. The fourth-order valence-corrected chi connectivity index (χ4v) is 3.50. The fourth-order valence-electron chi connectivity index (χ4n) is 3.50. The Balaban J connectivity index is 1.44. The van der Waals surface area contributed by atoms with Gasteiger partial charge >= 0.3 is 0 Å². The third-order valence-corrected chi connectivity index (χ3v) is 4.88. The number of aromatic nitrogens is 3. The van der Waals surface area contributed by atoms with Crippen LogP contribution in [0.4, 0.5) is 4.39 Å². The molecule has 6 heteroatoms. The molecular weight excluding hydrogens is 343 g/mol. The van der Waals surface area contributed by atoms with Crippen molar-refractivity contribution in [2.75, 3.05) is 0 Å². The van der Waals surface area contributed by atoms with Gasteiger partial charge in [0.15, 0.2) is 0 Å². The van der Waals surface area contributed by atoms with Crippen LogP contribution >= 0.6 is 0 Å². The lowest BCUT2D eigenvalue weighted by Crippen LogP contribution is -2.23. The number of halogens is 1. The summed E-state index contributed by atoms with van der Waals surface area (Å²) in [6.45, 7) is 0.623. The third-order valence-electron chi connectivity index (χ3n) is 4.88. The average Bonchev–Trinajstić information content (AvgIpc) is 3.25. The number of nitrogens with zero attached hydrogens (tertiary/aromatic N) is 4. The molecule has 1 aliphatic rings. The Labute approximate surface area is 154 Å². The molecule has 0 N–H and O–H groups in total. The number of imidazole rings is 1. The number of hydrogen-bond acceptors (Lipinski definition) is 3. The second-order valence-corrected chi connectivity index (χ2v) is 6.54. The molecule has 0 spiro atoms. The number of carbonyl (C=O) groups excluding carboxylic acids is 1. The zero-order chi connectivity index (χ0) is 18.4. The predicted molar refractivity (Wildman–Crippen MR) is 98.4 cm³/mol. The Morgan fingerprint density at radius 2 is 2.00 bits per heavy atom. The monoisotopic (exact) mass is 358 g/mol. The molecule has 3 aromatic heterocycles. The van der Waals surface area contributed by atoms with Crippen LogP contribution in [0.15, 0.2) is 67.1 Å². The molecule has 4 aromatic rings. The van der Waals surface area contributed by atoms with Gasteiger partial charge in [-0.05, 0) is 30.3 Å². The van der Waals surface area contributed by atoms with Crippen LogP contribution in [0.1, 0.15) is 21.6 Å². The second-order valence-electron chi connectivity index (χ2n) is 6.54. The van der Waals surface area contributed by atoms with Gasteiger partial charge in [-0.1, -0.05) is 18.2 Å². The summed E-state index contributed by atoms with van der Waals surface area (Å²) < 4.78 is 16.7. The maximum atomic E-state index is 14.8. The smallest absolute Gasteiger partial charge is 0.256 e. The number of hydrogen-bond donors (Lipinski definition) is 0. The van der Waals surface area contributed by atoms with Gasteiger partial charge in [0.1, 0.15) is 11.5 Å². The van der Waals surface area contributed by atoms with Crippen molar-refractivity contribution in [2.45, 2.75) is 13.1 Å². The molecule has 0 unspecified atom stereocenters. The summed E-state index contributed by atoms with van der Waals surface area (Å²) in [6, 6.07) is 14.3. The van der Waals surface area contributed by atoms with Crippen molar-refractivity contribution >= 4 is 11.6 Å². The van der Waals surface area contributed by atoms with E-state index in [-0.39, 0.29) is 18.3 Å². The first-order valence-electron chi connectivity index (χ1n) is 8.65. The molecule has 27 heavy (non-hydrogen) atoms. The van der Waals surface area contributed by atoms with Gasteiger partial charge < -0.3 is 4.90 Å². The maximum Gasteiger partial charge on any atom is 0.256 e. The molecule has 0 aliphatic carbocycles. The van der Waals surface area contributed by atoms with E-state index in [9.17, 15) is 9.18 Å². The molecule has 1 amide bonds. The molecule has 0 fully saturated rings. The number of carbonyl (C=O) groups is 1. The van der Waals surface area contributed by atoms with Gasteiger partial charge in [-0.15, -0.1) is 0 Å². The van der Waals surface area contributed by atoms with Crippen molar-refractivity contribution in [2.24, 2.45) is 0 Å². The van der Waals surface area contributed by atoms with Gasteiger partial charge in [0, 0.05) is 30.1 Å². The molecule has 5 nitrogen and oxygen atoms in total. The van der Waals surface area contributed by atoms with E-state index in [1.807, 2.05) is 34.9 Å². The van der Waals surface area contributed by atoms with E-state index in [1.165, 1.54) is 6.07 Å². The SMILES string of the molecule is O=C1c2cccnc2CN1Cc1ccc(-c2cnc3ccccn23)cc1F. The number of fused-ring (bicyclic) bond motifs is 2. The van der Waals surface area contributed by atoms with Gasteiger partial charge in [0.2, 0.25) is 0 Å². The van der Waals surface area contributed by atoms with Crippen LogP contribution in [0.25, 0.3) is 16.9 Å². The Hall–Kier alpha value is -3.54. The Morgan fingerprint density at radius 3 is 2.85 bits per heavy atom. The molecule has 0 saturated carbocycles. The van der Waals surface area contributed by atoms with Crippen LogP contribution in [0, 0.1) is 5.82 Å². The van der Waals surface area contributed by atoms with Gasteiger partial charge in [0.25, 0.3) is 5.91 Å². The van der Waals surface area contributed by atoms with Crippen molar-refractivity contribution in [1.29, 1.82) is 0 Å². The van der Waals surface area contributed by atoms with Crippen molar-refractivity contribution in [3.63, 3.8) is 0 Å². The van der Waals surface area contributed by atoms with E-state index in [2.05, 4.69) is 9.97 Å². The van der Waals surface area contributed by atoms with Crippen molar-refractivity contribution < 1.29 is 9.18 Å². The van der Waals surface area contributed by atoms with E-state index in [4.69, 9.17) is 0 Å². The maximum absolute atomic E-state index is 14.8. The fraction of sp³-hybridized carbons (Fsp3) is 0.0952. The minimum atomic E-state index is -0.338. The summed E-state index contributed by atoms with van der Waals surface area (Å²) in [5.74, 6) is -0.446. The molecule has 5 rings (SSSR count). The molecule has 1 aromatic carbocycles. The van der Waals surface area contributed by atoms with E-state index in [0.717, 1.165) is 22.6 Å². The van der Waals surface area contributed by atoms with Crippen molar-refractivity contribution in [1.82, 2.24) is 19.3 Å². The summed E-state index contributed by atoms with van der Waals surface area (Å²) >= 11 is 0. The van der Waals surface area contributed by atoms with E-state index in [1.54, 1.807) is 35.5 Å². The highest BCUT2D eigenvalue weighted by Crippen LogP contribution is 2.26. The predicted octanol–water partition coefficient (Wildman–Crippen LogP) is 3.69. The first kappa shape index (κ1) is 15.7. The Kier molecular flexibility index (Phi) is 3.50. The van der Waals surface area contributed by atoms with Crippen LogP contribution in [0.2, 0.25) is 0 Å². The van der Waals surface area contributed by atoms with Gasteiger partial charge in [-0.25, -0.2) is 9.37 Å².